The summed E-state index contributed by atoms with van der Waals surface area (Å²) >= 11 is 1.37. The summed E-state index contributed by atoms with van der Waals surface area (Å²) in [5.74, 6) is 2.18. The van der Waals surface area contributed by atoms with Crippen molar-refractivity contribution in [2.45, 2.75) is 68.2 Å². The van der Waals surface area contributed by atoms with Crippen LogP contribution in [0.3, 0.4) is 0 Å². The summed E-state index contributed by atoms with van der Waals surface area (Å²) in [5.41, 5.74) is 0. The number of alkyl carbamates (subject to hydrolysis) is 1. The van der Waals surface area contributed by atoms with Gasteiger partial charge in [-0.05, 0) is 68.2 Å². The van der Waals surface area contributed by atoms with E-state index in [0.29, 0.717) is 17.4 Å². The van der Waals surface area contributed by atoms with Crippen molar-refractivity contribution in [1.82, 2.24) is 15.8 Å². The molecule has 2 aliphatic carbocycles. The van der Waals surface area contributed by atoms with Crippen molar-refractivity contribution >= 4 is 23.8 Å². The lowest BCUT2D eigenvalue weighted by Gasteiger charge is -2.41. The molecular weight excluding hydrogens is 466 g/mol. The third kappa shape index (κ3) is 6.93. The molecule has 9 heteroatoms. The van der Waals surface area contributed by atoms with E-state index in [1.54, 1.807) is 6.92 Å². The molecule has 3 unspecified atom stereocenters. The van der Waals surface area contributed by atoms with Crippen LogP contribution in [-0.2, 0) is 4.74 Å². The van der Waals surface area contributed by atoms with Gasteiger partial charge in [-0.3, -0.25) is 4.79 Å². The van der Waals surface area contributed by atoms with Crippen LogP contribution in [0.1, 0.15) is 62.9 Å². The standard InChI is InChI=1S/C26H35N3O5S/c1-3-32-26(31)27-12-13-33-25-23(35-21-10-5-4-6-11-21)22(34-29-25)24(30)28-17(2)20-15-18-8-7-9-19(14-18)16-20/h4-6,10-11,17-20H,3,7-9,12-16H2,1-2H3,(H,27,31)(H,28,30). The highest BCUT2D eigenvalue weighted by atomic mass is 32.2. The van der Waals surface area contributed by atoms with Gasteiger partial charge in [-0.15, -0.1) is 0 Å². The number of carbonyl (C=O) groups is 2. The Morgan fingerprint density at radius 2 is 1.91 bits per heavy atom. The van der Waals surface area contributed by atoms with Gasteiger partial charge < -0.3 is 24.6 Å². The number of amides is 2. The Bertz CT molecular complexity index is 971. The lowest BCUT2D eigenvalue weighted by molar-refractivity contribution is 0.0818. The minimum Gasteiger partial charge on any atom is -0.473 e. The number of hydrogen-bond donors (Lipinski definition) is 2. The molecule has 190 valence electrons. The molecule has 2 N–H and O–H groups in total. The Morgan fingerprint density at radius 1 is 1.17 bits per heavy atom. The van der Waals surface area contributed by atoms with Gasteiger partial charge in [0, 0.05) is 10.9 Å². The number of nitrogens with one attached hydrogen (secondary N) is 2. The van der Waals surface area contributed by atoms with Crippen molar-refractivity contribution in [3.05, 3.63) is 36.1 Å². The molecule has 0 aliphatic heterocycles. The van der Waals surface area contributed by atoms with E-state index in [9.17, 15) is 9.59 Å². The van der Waals surface area contributed by atoms with Gasteiger partial charge in [0.05, 0.1) is 13.2 Å². The highest BCUT2D eigenvalue weighted by molar-refractivity contribution is 7.99. The average Bonchev–Trinajstić information content (AvgIpc) is 3.24. The fourth-order valence-corrected chi connectivity index (χ4v) is 6.20. The molecule has 4 rings (SSSR count). The summed E-state index contributed by atoms with van der Waals surface area (Å²) in [6.45, 7) is 4.54. The maximum absolute atomic E-state index is 13.3. The van der Waals surface area contributed by atoms with Crippen molar-refractivity contribution in [2.24, 2.45) is 17.8 Å². The summed E-state index contributed by atoms with van der Waals surface area (Å²) in [6.07, 6.45) is 7.19. The first kappa shape index (κ1) is 25.4. The smallest absolute Gasteiger partial charge is 0.407 e. The van der Waals surface area contributed by atoms with Gasteiger partial charge in [-0.2, -0.15) is 0 Å². The molecular formula is C26H35N3O5S. The molecule has 2 aromatic rings. The van der Waals surface area contributed by atoms with Crippen molar-refractivity contribution in [3.8, 4) is 5.88 Å². The molecule has 1 aromatic carbocycles. The van der Waals surface area contributed by atoms with Gasteiger partial charge in [-0.1, -0.05) is 49.2 Å². The topological polar surface area (TPSA) is 103 Å². The van der Waals surface area contributed by atoms with Crippen LogP contribution in [0.15, 0.2) is 44.6 Å². The number of rotatable bonds is 10. The third-order valence-corrected chi connectivity index (χ3v) is 7.98. The third-order valence-electron chi connectivity index (χ3n) is 6.90. The van der Waals surface area contributed by atoms with E-state index >= 15 is 0 Å². The molecule has 1 heterocycles. The van der Waals surface area contributed by atoms with Crippen LogP contribution >= 0.6 is 11.8 Å². The summed E-state index contributed by atoms with van der Waals surface area (Å²) < 4.78 is 16.1. The quantitative estimate of drug-likeness (QED) is 0.427. The van der Waals surface area contributed by atoms with Gasteiger partial charge in [0.15, 0.2) is 0 Å². The zero-order chi connectivity index (χ0) is 24.6. The second-order valence-electron chi connectivity index (χ2n) is 9.45. The minimum atomic E-state index is -0.504. The Labute approximate surface area is 210 Å². The van der Waals surface area contributed by atoms with Crippen LogP contribution in [0.5, 0.6) is 5.88 Å². The van der Waals surface area contributed by atoms with Crippen molar-refractivity contribution in [2.75, 3.05) is 19.8 Å². The number of hydrogen-bond acceptors (Lipinski definition) is 7. The second-order valence-corrected chi connectivity index (χ2v) is 10.5. The van der Waals surface area contributed by atoms with E-state index in [1.807, 2.05) is 30.3 Å². The maximum Gasteiger partial charge on any atom is 0.407 e. The van der Waals surface area contributed by atoms with Crippen molar-refractivity contribution in [1.29, 1.82) is 0 Å². The van der Waals surface area contributed by atoms with Gasteiger partial charge in [0.2, 0.25) is 5.76 Å². The number of nitrogens with zero attached hydrogens (tertiary/aromatic N) is 1. The van der Waals surface area contributed by atoms with Crippen molar-refractivity contribution < 1.29 is 23.6 Å². The van der Waals surface area contributed by atoms with Crippen LogP contribution in [0, 0.1) is 17.8 Å². The number of ether oxygens (including phenoxy) is 2. The second kappa shape index (κ2) is 12.3. The minimum absolute atomic E-state index is 0.0590. The predicted molar refractivity (Wildman–Crippen MR) is 133 cm³/mol. The average molecular weight is 502 g/mol. The Balaban J connectivity index is 1.42. The molecule has 2 amide bonds. The SMILES string of the molecule is CCOC(=O)NCCOc1noc(C(=O)NC(C)C2CC3CCCC(C3)C2)c1Sc1ccccc1. The van der Waals surface area contributed by atoms with Gasteiger partial charge in [-0.25, -0.2) is 4.79 Å². The fraction of sp³-hybridized carbons (Fsp3) is 0.577. The first-order chi connectivity index (χ1) is 17.0. The first-order valence-electron chi connectivity index (χ1n) is 12.6. The molecule has 2 aliphatic rings. The van der Waals surface area contributed by atoms with Crippen LogP contribution in [0.2, 0.25) is 0 Å². The fourth-order valence-electron chi connectivity index (χ4n) is 5.26. The molecule has 8 nitrogen and oxygen atoms in total. The summed E-state index contributed by atoms with van der Waals surface area (Å²) in [5, 5.41) is 9.81. The molecule has 2 fully saturated rings. The maximum atomic E-state index is 13.3. The number of aromatic nitrogens is 1. The van der Waals surface area contributed by atoms with E-state index in [1.165, 1.54) is 50.3 Å². The lowest BCUT2D eigenvalue weighted by Crippen LogP contribution is -2.42. The van der Waals surface area contributed by atoms with Crippen LogP contribution < -0.4 is 15.4 Å². The molecule has 2 bridgehead atoms. The summed E-state index contributed by atoms with van der Waals surface area (Å²) in [7, 11) is 0. The zero-order valence-corrected chi connectivity index (χ0v) is 21.3. The van der Waals surface area contributed by atoms with Crippen LogP contribution in [0.4, 0.5) is 4.79 Å². The monoisotopic (exact) mass is 501 g/mol. The molecule has 1 aromatic heterocycles. The van der Waals surface area contributed by atoms with Crippen LogP contribution in [0.25, 0.3) is 0 Å². The summed E-state index contributed by atoms with van der Waals surface area (Å²) in [4.78, 5) is 26.2. The molecule has 0 spiro atoms. The first-order valence-corrected chi connectivity index (χ1v) is 13.4. The Kier molecular flexibility index (Phi) is 8.95. The van der Waals surface area contributed by atoms with Crippen molar-refractivity contribution in [3.63, 3.8) is 0 Å². The van der Waals surface area contributed by atoms with E-state index < -0.39 is 6.09 Å². The molecule has 0 radical (unpaired) electrons. The van der Waals surface area contributed by atoms with E-state index in [0.717, 1.165) is 16.7 Å². The highest BCUT2D eigenvalue weighted by Gasteiger charge is 2.35. The molecule has 3 atom stereocenters. The Morgan fingerprint density at radius 3 is 2.63 bits per heavy atom. The normalized spacial score (nSPS) is 22.2. The number of benzene rings is 1. The zero-order valence-electron chi connectivity index (χ0n) is 20.5. The van der Waals surface area contributed by atoms with Crippen LogP contribution in [-0.4, -0.2) is 43.0 Å². The predicted octanol–water partition coefficient (Wildman–Crippen LogP) is 5.29. The van der Waals surface area contributed by atoms with E-state index in [-0.39, 0.29) is 36.7 Å². The lowest BCUT2D eigenvalue weighted by atomic mass is 9.66. The Hall–Kier alpha value is -2.68. The highest BCUT2D eigenvalue weighted by Crippen LogP contribution is 2.44. The largest absolute Gasteiger partial charge is 0.473 e. The molecule has 2 saturated carbocycles. The van der Waals surface area contributed by atoms with Gasteiger partial charge >= 0.3 is 6.09 Å². The molecule has 0 saturated heterocycles. The van der Waals surface area contributed by atoms with E-state index in [4.69, 9.17) is 14.0 Å². The number of carbonyl (C=O) groups excluding carboxylic acids is 2. The summed E-state index contributed by atoms with van der Waals surface area (Å²) in [6, 6.07) is 9.76. The van der Waals surface area contributed by atoms with E-state index in [2.05, 4.69) is 22.7 Å². The van der Waals surface area contributed by atoms with Gasteiger partial charge in [0.1, 0.15) is 11.5 Å². The number of fused-ring (bicyclic) bond motifs is 2. The molecule has 35 heavy (non-hydrogen) atoms. The van der Waals surface area contributed by atoms with Gasteiger partial charge in [0.25, 0.3) is 11.8 Å².